The van der Waals surface area contributed by atoms with Gasteiger partial charge in [-0.3, -0.25) is 14.8 Å². The van der Waals surface area contributed by atoms with E-state index in [2.05, 4.69) is 5.32 Å². The fraction of sp³-hybridized carbons (Fsp3) is 0.238. The summed E-state index contributed by atoms with van der Waals surface area (Å²) in [6.45, 7) is 2.17. The van der Waals surface area contributed by atoms with Gasteiger partial charge in [-0.15, -0.1) is 0 Å². The summed E-state index contributed by atoms with van der Waals surface area (Å²) >= 11 is 0. The quantitative estimate of drug-likeness (QED) is 0.322. The van der Waals surface area contributed by atoms with Crippen molar-refractivity contribution in [3.63, 3.8) is 0 Å². The molecule has 1 heterocycles. The summed E-state index contributed by atoms with van der Waals surface area (Å²) in [4.78, 5) is 26.6. The van der Waals surface area contributed by atoms with E-state index in [4.69, 9.17) is 14.4 Å². The van der Waals surface area contributed by atoms with Crippen LogP contribution in [0.4, 0.5) is 0 Å². The molecule has 0 aliphatic carbocycles. The number of nitrogens with one attached hydrogen (secondary N) is 2. The van der Waals surface area contributed by atoms with E-state index in [9.17, 15) is 9.59 Å². The van der Waals surface area contributed by atoms with Gasteiger partial charge in [-0.2, -0.15) is 0 Å². The maximum Gasteiger partial charge on any atom is 0.290 e. The highest BCUT2D eigenvalue weighted by Gasteiger charge is 2.23. The van der Waals surface area contributed by atoms with Crippen molar-refractivity contribution in [2.75, 3.05) is 14.1 Å². The monoisotopic (exact) mass is 397 g/mol. The molecule has 0 radical (unpaired) electrons. The highest BCUT2D eigenvalue weighted by atomic mass is 16.5. The summed E-state index contributed by atoms with van der Waals surface area (Å²) in [6, 6.07) is 13.9. The predicted molar refractivity (Wildman–Crippen MR) is 107 cm³/mol. The zero-order chi connectivity index (χ0) is 21.0. The normalized spacial score (nSPS) is 12.0. The van der Waals surface area contributed by atoms with E-state index < -0.39 is 18.0 Å². The van der Waals surface area contributed by atoms with Crippen molar-refractivity contribution in [1.29, 1.82) is 0 Å². The second-order valence-electron chi connectivity index (χ2n) is 6.81. The molecular formula is C21H23N3O5. The summed E-state index contributed by atoms with van der Waals surface area (Å²) in [5.74, 6) is -0.680. The van der Waals surface area contributed by atoms with Crippen molar-refractivity contribution in [2.45, 2.75) is 19.7 Å². The SMILES string of the molecule is CC(NC(=O)c1oc2ccccc2c1CN(C)C)Oc1ccccc1C(=O)NO. The van der Waals surface area contributed by atoms with Gasteiger partial charge in [0.25, 0.3) is 11.8 Å². The number of amides is 2. The molecule has 2 aromatic carbocycles. The van der Waals surface area contributed by atoms with Gasteiger partial charge in [0.2, 0.25) is 0 Å². The Bertz CT molecular complexity index is 1030. The molecule has 0 aliphatic rings. The number of hydroxylamine groups is 1. The van der Waals surface area contributed by atoms with Crippen molar-refractivity contribution in [2.24, 2.45) is 0 Å². The molecule has 1 atom stereocenters. The first kappa shape index (κ1) is 20.4. The first-order chi connectivity index (χ1) is 13.9. The molecule has 0 saturated carbocycles. The summed E-state index contributed by atoms with van der Waals surface area (Å²) in [5, 5.41) is 12.5. The topological polar surface area (TPSA) is 104 Å². The third kappa shape index (κ3) is 4.56. The molecule has 3 rings (SSSR count). The zero-order valence-electron chi connectivity index (χ0n) is 16.4. The number of hydrogen-bond acceptors (Lipinski definition) is 6. The number of fused-ring (bicyclic) bond motifs is 1. The van der Waals surface area contributed by atoms with Crippen LogP contribution >= 0.6 is 0 Å². The van der Waals surface area contributed by atoms with Gasteiger partial charge >= 0.3 is 0 Å². The van der Waals surface area contributed by atoms with E-state index in [0.29, 0.717) is 12.1 Å². The lowest BCUT2D eigenvalue weighted by Crippen LogP contribution is -2.37. The van der Waals surface area contributed by atoms with Crippen molar-refractivity contribution in [3.05, 3.63) is 65.4 Å². The standard InChI is InChI=1S/C21H23N3O5/c1-13(28-18-11-7-5-9-15(18)20(25)23-27)22-21(26)19-16(12-24(2)3)14-8-4-6-10-17(14)29-19/h4-11,13,27H,12H2,1-3H3,(H,22,26)(H,23,25). The summed E-state index contributed by atoms with van der Waals surface area (Å²) in [5.41, 5.74) is 3.14. The lowest BCUT2D eigenvalue weighted by atomic mass is 10.1. The molecule has 3 N–H and O–H groups in total. The minimum absolute atomic E-state index is 0.146. The number of furan rings is 1. The van der Waals surface area contributed by atoms with E-state index in [1.165, 1.54) is 6.07 Å². The molecule has 8 nitrogen and oxygen atoms in total. The molecule has 1 unspecified atom stereocenters. The number of nitrogens with zero attached hydrogens (tertiary/aromatic N) is 1. The second kappa shape index (κ2) is 8.76. The van der Waals surface area contributed by atoms with Crippen LogP contribution in [0.15, 0.2) is 52.9 Å². The van der Waals surface area contributed by atoms with Crippen molar-refractivity contribution >= 4 is 22.8 Å². The maximum atomic E-state index is 12.9. The average Bonchev–Trinajstić information content (AvgIpc) is 3.06. The number of carbonyl (C=O) groups is 2. The van der Waals surface area contributed by atoms with Gasteiger partial charge < -0.3 is 19.4 Å². The number of hydrogen-bond donors (Lipinski definition) is 3. The number of ether oxygens (including phenoxy) is 1. The number of para-hydroxylation sites is 2. The number of carbonyl (C=O) groups excluding carboxylic acids is 2. The highest BCUT2D eigenvalue weighted by Crippen LogP contribution is 2.27. The van der Waals surface area contributed by atoms with Crippen LogP contribution in [0, 0.1) is 0 Å². The Morgan fingerprint density at radius 1 is 1.10 bits per heavy atom. The van der Waals surface area contributed by atoms with Crippen molar-refractivity contribution in [3.8, 4) is 5.75 Å². The minimum Gasteiger partial charge on any atom is -0.470 e. The lowest BCUT2D eigenvalue weighted by molar-refractivity contribution is 0.0696. The molecule has 2 amide bonds. The van der Waals surface area contributed by atoms with Crippen LogP contribution in [0.1, 0.15) is 33.4 Å². The van der Waals surface area contributed by atoms with Crippen molar-refractivity contribution in [1.82, 2.24) is 15.7 Å². The third-order valence-corrected chi connectivity index (χ3v) is 4.25. The zero-order valence-corrected chi connectivity index (χ0v) is 16.4. The van der Waals surface area contributed by atoms with Crippen LogP contribution < -0.4 is 15.5 Å². The van der Waals surface area contributed by atoms with Crippen LogP contribution in [-0.2, 0) is 6.54 Å². The highest BCUT2D eigenvalue weighted by molar-refractivity contribution is 5.99. The number of rotatable bonds is 7. The molecule has 8 heteroatoms. The molecule has 29 heavy (non-hydrogen) atoms. The molecule has 0 aliphatic heterocycles. The Hall–Kier alpha value is -3.36. The van der Waals surface area contributed by atoms with Crippen LogP contribution in [0.3, 0.4) is 0 Å². The molecular weight excluding hydrogens is 374 g/mol. The first-order valence-electron chi connectivity index (χ1n) is 9.06. The molecule has 0 spiro atoms. The van der Waals surface area contributed by atoms with Gasteiger partial charge in [-0.25, -0.2) is 5.48 Å². The Kier molecular flexibility index (Phi) is 6.16. The van der Waals surface area contributed by atoms with E-state index >= 15 is 0 Å². The predicted octanol–water partition coefficient (Wildman–Crippen LogP) is 2.77. The molecule has 1 aromatic heterocycles. The van der Waals surface area contributed by atoms with E-state index in [-0.39, 0.29) is 17.1 Å². The smallest absolute Gasteiger partial charge is 0.290 e. The molecule has 3 aromatic rings. The summed E-state index contributed by atoms with van der Waals surface area (Å²) in [7, 11) is 3.83. The van der Waals surface area contributed by atoms with Crippen LogP contribution in [-0.4, -0.2) is 42.2 Å². The second-order valence-corrected chi connectivity index (χ2v) is 6.81. The Balaban J connectivity index is 1.81. The molecule has 0 saturated heterocycles. The van der Waals surface area contributed by atoms with Crippen LogP contribution in [0.2, 0.25) is 0 Å². The van der Waals surface area contributed by atoms with Crippen LogP contribution in [0.5, 0.6) is 5.75 Å². The lowest BCUT2D eigenvalue weighted by Gasteiger charge is -2.18. The van der Waals surface area contributed by atoms with Gasteiger partial charge in [0, 0.05) is 17.5 Å². The summed E-state index contributed by atoms with van der Waals surface area (Å²) < 4.78 is 11.5. The van der Waals surface area contributed by atoms with E-state index in [1.807, 2.05) is 43.3 Å². The number of benzene rings is 2. The van der Waals surface area contributed by atoms with Crippen molar-refractivity contribution < 1.29 is 24.0 Å². The van der Waals surface area contributed by atoms with Gasteiger partial charge in [0.1, 0.15) is 11.3 Å². The van der Waals surface area contributed by atoms with Crippen LogP contribution in [0.25, 0.3) is 11.0 Å². The summed E-state index contributed by atoms with van der Waals surface area (Å²) in [6.07, 6.45) is -0.754. The molecule has 152 valence electrons. The third-order valence-electron chi connectivity index (χ3n) is 4.25. The van der Waals surface area contributed by atoms with Gasteiger partial charge in [0.05, 0.1) is 5.56 Å². The molecule has 0 fully saturated rings. The fourth-order valence-corrected chi connectivity index (χ4v) is 3.04. The van der Waals surface area contributed by atoms with Gasteiger partial charge in [-0.05, 0) is 39.2 Å². The first-order valence-corrected chi connectivity index (χ1v) is 9.06. The largest absolute Gasteiger partial charge is 0.470 e. The Morgan fingerprint density at radius 2 is 1.79 bits per heavy atom. The fourth-order valence-electron chi connectivity index (χ4n) is 3.04. The maximum absolute atomic E-state index is 12.9. The van der Waals surface area contributed by atoms with Gasteiger partial charge in [0.15, 0.2) is 12.0 Å². The molecule has 0 bridgehead atoms. The Labute approximate surface area is 168 Å². The van der Waals surface area contributed by atoms with E-state index in [0.717, 1.165) is 10.9 Å². The minimum atomic E-state index is -0.754. The van der Waals surface area contributed by atoms with Gasteiger partial charge in [-0.1, -0.05) is 30.3 Å². The Morgan fingerprint density at radius 3 is 2.52 bits per heavy atom. The average molecular weight is 397 g/mol. The van der Waals surface area contributed by atoms with E-state index in [1.54, 1.807) is 30.6 Å².